The third kappa shape index (κ3) is 4.09. The number of carbonyl (C=O) groups is 1. The molecular formula is C17H22N2O3S. The topological polar surface area (TPSA) is 81.4 Å². The summed E-state index contributed by atoms with van der Waals surface area (Å²) in [6, 6.07) is 10.3. The van der Waals surface area contributed by atoms with Gasteiger partial charge in [0.15, 0.2) is 11.0 Å². The molecule has 0 radical (unpaired) electrons. The summed E-state index contributed by atoms with van der Waals surface area (Å²) in [6.45, 7) is 3.97. The minimum Gasteiger partial charge on any atom is -0.496 e. The molecule has 0 aliphatic carbocycles. The van der Waals surface area contributed by atoms with Crippen LogP contribution in [0.5, 0.6) is 5.75 Å². The Morgan fingerprint density at radius 2 is 1.87 bits per heavy atom. The lowest BCUT2D eigenvalue weighted by Gasteiger charge is -2.15. The Morgan fingerprint density at radius 3 is 2.48 bits per heavy atom. The third-order valence-electron chi connectivity index (χ3n) is 3.52. The fourth-order valence-electron chi connectivity index (χ4n) is 2.42. The van der Waals surface area contributed by atoms with Gasteiger partial charge < -0.3 is 10.5 Å². The molecule has 0 saturated heterocycles. The van der Waals surface area contributed by atoms with E-state index in [1.54, 1.807) is 19.2 Å². The van der Waals surface area contributed by atoms with Crippen LogP contribution < -0.4 is 15.2 Å². The van der Waals surface area contributed by atoms with Crippen LogP contribution in [0.2, 0.25) is 0 Å². The van der Waals surface area contributed by atoms with Crippen LogP contribution in [0.15, 0.2) is 41.3 Å². The molecule has 6 heteroatoms. The largest absolute Gasteiger partial charge is 0.496 e. The summed E-state index contributed by atoms with van der Waals surface area (Å²) < 4.78 is 20.4. The molecule has 3 N–H and O–H groups in total. The van der Waals surface area contributed by atoms with Crippen LogP contribution in [-0.2, 0) is 15.8 Å². The quantitative estimate of drug-likeness (QED) is 0.850. The van der Waals surface area contributed by atoms with E-state index in [0.717, 1.165) is 10.8 Å². The van der Waals surface area contributed by atoms with Crippen molar-refractivity contribution in [2.24, 2.45) is 11.7 Å². The fourth-order valence-corrected chi connectivity index (χ4v) is 3.43. The fraction of sp³-hybridized carbons (Fsp3) is 0.353. The summed E-state index contributed by atoms with van der Waals surface area (Å²) in [5.41, 5.74) is 5.84. The predicted octanol–water partition coefficient (Wildman–Crippen LogP) is 2.36. The van der Waals surface area contributed by atoms with Crippen molar-refractivity contribution < 1.29 is 13.7 Å². The van der Waals surface area contributed by atoms with E-state index >= 15 is 0 Å². The smallest absolute Gasteiger partial charge is 0.248 e. The normalized spacial score (nSPS) is 13.8. The molecule has 2 aromatic rings. The van der Waals surface area contributed by atoms with E-state index in [-0.39, 0.29) is 0 Å². The van der Waals surface area contributed by atoms with Crippen molar-refractivity contribution in [2.45, 2.75) is 31.2 Å². The molecule has 23 heavy (non-hydrogen) atoms. The summed E-state index contributed by atoms with van der Waals surface area (Å²) >= 11 is 0. The molecule has 0 aliphatic rings. The Balaban J connectivity index is 2.27. The number of ether oxygens (including phenoxy) is 1. The van der Waals surface area contributed by atoms with Gasteiger partial charge in [-0.05, 0) is 24.5 Å². The highest BCUT2D eigenvalue weighted by Gasteiger charge is 2.19. The summed E-state index contributed by atoms with van der Waals surface area (Å²) in [4.78, 5) is 12.6. The van der Waals surface area contributed by atoms with Crippen LogP contribution in [0.4, 0.5) is 0 Å². The van der Waals surface area contributed by atoms with Gasteiger partial charge in [0.2, 0.25) is 5.91 Å². The second-order valence-corrected chi connectivity index (χ2v) is 6.96. The highest BCUT2D eigenvalue weighted by molar-refractivity contribution is 7.84. The van der Waals surface area contributed by atoms with Gasteiger partial charge in [0.25, 0.3) is 0 Å². The summed E-state index contributed by atoms with van der Waals surface area (Å²) in [5.74, 6) is 0.590. The van der Waals surface area contributed by atoms with Gasteiger partial charge in [-0.2, -0.15) is 0 Å². The summed E-state index contributed by atoms with van der Waals surface area (Å²) in [6.07, 6.45) is 0.548. The Kier molecular flexibility index (Phi) is 5.74. The second kappa shape index (κ2) is 7.57. The molecule has 0 spiro atoms. The van der Waals surface area contributed by atoms with Gasteiger partial charge in [-0.3, -0.25) is 9.52 Å². The van der Waals surface area contributed by atoms with Gasteiger partial charge >= 0.3 is 0 Å². The zero-order valence-electron chi connectivity index (χ0n) is 13.5. The molecular weight excluding hydrogens is 312 g/mol. The maximum absolute atomic E-state index is 12.5. The van der Waals surface area contributed by atoms with Crippen LogP contribution in [-0.4, -0.2) is 23.3 Å². The molecule has 2 unspecified atom stereocenters. The summed E-state index contributed by atoms with van der Waals surface area (Å²) in [7, 11) is -0.0804. The number of methoxy groups -OCH3 is 1. The lowest BCUT2D eigenvalue weighted by atomic mass is 10.0. The maximum Gasteiger partial charge on any atom is 0.248 e. The predicted molar refractivity (Wildman–Crippen MR) is 92.5 cm³/mol. The van der Waals surface area contributed by atoms with Gasteiger partial charge in [0.05, 0.1) is 18.0 Å². The molecule has 0 saturated carbocycles. The molecule has 2 atom stereocenters. The van der Waals surface area contributed by atoms with Crippen molar-refractivity contribution >= 4 is 27.7 Å². The maximum atomic E-state index is 12.5. The zero-order valence-corrected chi connectivity index (χ0v) is 14.4. The lowest BCUT2D eigenvalue weighted by molar-refractivity contribution is -0.120. The highest BCUT2D eigenvalue weighted by Crippen LogP contribution is 2.29. The number of nitrogens with two attached hydrogens (primary N) is 1. The molecule has 124 valence electrons. The molecule has 0 heterocycles. The number of nitrogens with one attached hydrogen (secondary N) is 1. The van der Waals surface area contributed by atoms with Crippen molar-refractivity contribution in [1.82, 2.24) is 4.72 Å². The molecule has 2 rings (SSSR count). The first-order chi connectivity index (χ1) is 10.9. The van der Waals surface area contributed by atoms with Crippen molar-refractivity contribution in [3.05, 3.63) is 36.4 Å². The standard InChI is InChI=1S/C17H22N2O3S/c1-11(2)10-14(18)17(20)19-23(21)16-9-8-15(22-3)12-6-4-5-7-13(12)16/h4-9,11,14H,10,18H2,1-3H3,(H,19,20). The van der Waals surface area contributed by atoms with Crippen molar-refractivity contribution in [3.63, 3.8) is 0 Å². The first-order valence-electron chi connectivity index (χ1n) is 7.47. The molecule has 0 fully saturated rings. The first kappa shape index (κ1) is 17.4. The molecule has 2 aromatic carbocycles. The van der Waals surface area contributed by atoms with Crippen LogP contribution in [0, 0.1) is 5.92 Å². The minimum absolute atomic E-state index is 0.297. The van der Waals surface area contributed by atoms with E-state index < -0.39 is 22.9 Å². The monoisotopic (exact) mass is 334 g/mol. The van der Waals surface area contributed by atoms with Crippen molar-refractivity contribution in [2.75, 3.05) is 7.11 Å². The van der Waals surface area contributed by atoms with E-state index in [4.69, 9.17) is 10.5 Å². The number of hydrogen-bond acceptors (Lipinski definition) is 4. The third-order valence-corrected chi connectivity index (χ3v) is 4.66. The van der Waals surface area contributed by atoms with Crippen LogP contribution in [0.3, 0.4) is 0 Å². The van der Waals surface area contributed by atoms with E-state index in [0.29, 0.717) is 23.0 Å². The first-order valence-corrected chi connectivity index (χ1v) is 8.62. The number of fused-ring (bicyclic) bond motifs is 1. The average Bonchev–Trinajstić information content (AvgIpc) is 2.52. The van der Waals surface area contributed by atoms with Crippen LogP contribution in [0.1, 0.15) is 20.3 Å². The van der Waals surface area contributed by atoms with Crippen molar-refractivity contribution in [1.29, 1.82) is 0 Å². The summed E-state index contributed by atoms with van der Waals surface area (Å²) in [5, 5.41) is 1.63. The zero-order chi connectivity index (χ0) is 17.0. The Hall–Kier alpha value is -1.92. The van der Waals surface area contributed by atoms with E-state index in [1.807, 2.05) is 38.1 Å². The molecule has 1 amide bonds. The number of benzene rings is 2. The van der Waals surface area contributed by atoms with Gasteiger partial charge in [0, 0.05) is 10.8 Å². The van der Waals surface area contributed by atoms with E-state index in [9.17, 15) is 9.00 Å². The van der Waals surface area contributed by atoms with Gasteiger partial charge in [-0.25, -0.2) is 4.21 Å². The number of hydrogen-bond donors (Lipinski definition) is 2. The van der Waals surface area contributed by atoms with Gasteiger partial charge in [-0.1, -0.05) is 38.1 Å². The number of amides is 1. The second-order valence-electron chi connectivity index (χ2n) is 5.78. The number of carbonyl (C=O) groups excluding carboxylic acids is 1. The Labute approximate surface area is 138 Å². The molecule has 0 aliphatic heterocycles. The molecule has 0 bridgehead atoms. The minimum atomic E-state index is -1.67. The molecule has 5 nitrogen and oxygen atoms in total. The Bertz CT molecular complexity index is 731. The number of rotatable bonds is 6. The van der Waals surface area contributed by atoms with Crippen molar-refractivity contribution in [3.8, 4) is 5.75 Å². The van der Waals surface area contributed by atoms with Gasteiger partial charge in [-0.15, -0.1) is 0 Å². The van der Waals surface area contributed by atoms with E-state index in [2.05, 4.69) is 4.72 Å². The van der Waals surface area contributed by atoms with Crippen LogP contribution >= 0.6 is 0 Å². The Morgan fingerprint density at radius 1 is 1.22 bits per heavy atom. The van der Waals surface area contributed by atoms with Gasteiger partial charge in [0.1, 0.15) is 5.75 Å². The molecule has 0 aromatic heterocycles. The highest BCUT2D eigenvalue weighted by atomic mass is 32.2. The van der Waals surface area contributed by atoms with Crippen LogP contribution in [0.25, 0.3) is 10.8 Å². The SMILES string of the molecule is COc1ccc(S(=O)NC(=O)C(N)CC(C)C)c2ccccc12. The van der Waals surface area contributed by atoms with E-state index in [1.165, 1.54) is 0 Å². The lowest BCUT2D eigenvalue weighted by Crippen LogP contribution is -2.42. The average molecular weight is 334 g/mol.